The molecule has 4 nitrogen and oxygen atoms in total. The predicted molar refractivity (Wildman–Crippen MR) is 111 cm³/mol. The van der Waals surface area contributed by atoms with Crippen molar-refractivity contribution in [2.75, 3.05) is 26.2 Å². The summed E-state index contributed by atoms with van der Waals surface area (Å²) in [6.07, 6.45) is 1.39. The number of halogens is 2. The molecule has 3 rings (SSSR count). The van der Waals surface area contributed by atoms with Crippen LogP contribution in [0, 0.1) is 12.7 Å². The molecule has 0 saturated carbocycles. The number of nitrogens with zero attached hydrogens (tertiary/aromatic N) is 2. The number of aryl methyl sites for hydroxylation is 2. The summed E-state index contributed by atoms with van der Waals surface area (Å²) in [6.45, 7) is 4.26. The van der Waals surface area contributed by atoms with E-state index < -0.39 is 0 Å². The highest BCUT2D eigenvalue weighted by atomic mass is 79.9. The van der Waals surface area contributed by atoms with Crippen molar-refractivity contribution in [3.05, 3.63) is 69.4 Å². The second kappa shape index (κ2) is 9.32. The summed E-state index contributed by atoms with van der Waals surface area (Å²) < 4.78 is 14.6. The van der Waals surface area contributed by atoms with E-state index in [0.29, 0.717) is 48.2 Å². The third-order valence-electron chi connectivity index (χ3n) is 5.02. The Bertz CT molecular complexity index is 871. The van der Waals surface area contributed by atoms with Crippen molar-refractivity contribution in [2.45, 2.75) is 26.2 Å². The molecule has 0 radical (unpaired) electrons. The molecule has 0 unspecified atom stereocenters. The van der Waals surface area contributed by atoms with Gasteiger partial charge in [0, 0.05) is 42.6 Å². The number of hydrogen-bond donors (Lipinski definition) is 0. The topological polar surface area (TPSA) is 40.6 Å². The van der Waals surface area contributed by atoms with E-state index in [4.69, 9.17) is 0 Å². The van der Waals surface area contributed by atoms with Crippen molar-refractivity contribution in [3.63, 3.8) is 0 Å². The van der Waals surface area contributed by atoms with Gasteiger partial charge in [-0.05, 0) is 49.6 Å². The fourth-order valence-electron chi connectivity index (χ4n) is 3.45. The van der Waals surface area contributed by atoms with Crippen LogP contribution in [0.2, 0.25) is 0 Å². The van der Waals surface area contributed by atoms with Crippen molar-refractivity contribution < 1.29 is 14.0 Å². The summed E-state index contributed by atoms with van der Waals surface area (Å²) in [6, 6.07) is 12.5. The summed E-state index contributed by atoms with van der Waals surface area (Å²) in [4.78, 5) is 28.9. The number of benzene rings is 2. The molecule has 6 heteroatoms. The molecule has 2 amide bonds. The van der Waals surface area contributed by atoms with Crippen molar-refractivity contribution in [2.24, 2.45) is 0 Å². The lowest BCUT2D eigenvalue weighted by molar-refractivity contribution is -0.131. The Kier molecular flexibility index (Phi) is 6.83. The molecule has 1 saturated heterocycles. The zero-order valence-corrected chi connectivity index (χ0v) is 17.5. The highest BCUT2D eigenvalue weighted by molar-refractivity contribution is 9.10. The van der Waals surface area contributed by atoms with Crippen LogP contribution in [0.4, 0.5) is 4.39 Å². The lowest BCUT2D eigenvalue weighted by Gasteiger charge is -2.22. The maximum atomic E-state index is 13.9. The van der Waals surface area contributed by atoms with Gasteiger partial charge in [-0.3, -0.25) is 9.59 Å². The highest BCUT2D eigenvalue weighted by Crippen LogP contribution is 2.17. The summed E-state index contributed by atoms with van der Waals surface area (Å²) in [7, 11) is 0. The Morgan fingerprint density at radius 1 is 1.04 bits per heavy atom. The molecule has 2 aromatic rings. The zero-order chi connectivity index (χ0) is 20.1. The van der Waals surface area contributed by atoms with Gasteiger partial charge < -0.3 is 9.80 Å². The smallest absolute Gasteiger partial charge is 0.253 e. The van der Waals surface area contributed by atoms with Crippen molar-refractivity contribution in [3.8, 4) is 0 Å². The van der Waals surface area contributed by atoms with Crippen LogP contribution in [0.15, 0.2) is 46.9 Å². The molecule has 0 spiro atoms. The molecule has 1 aliphatic rings. The van der Waals surface area contributed by atoms with Crippen LogP contribution in [-0.2, 0) is 11.2 Å². The minimum Gasteiger partial charge on any atom is -0.341 e. The van der Waals surface area contributed by atoms with E-state index in [9.17, 15) is 14.0 Å². The predicted octanol–water partition coefficient (Wildman–Crippen LogP) is 4.20. The Balaban J connectivity index is 1.55. The van der Waals surface area contributed by atoms with Gasteiger partial charge >= 0.3 is 0 Å². The van der Waals surface area contributed by atoms with E-state index in [0.717, 1.165) is 12.0 Å². The van der Waals surface area contributed by atoms with E-state index in [2.05, 4.69) is 15.9 Å². The van der Waals surface area contributed by atoms with Crippen molar-refractivity contribution in [1.29, 1.82) is 0 Å². The molecule has 0 aliphatic carbocycles. The molecular weight excluding hydrogens is 423 g/mol. The molecular formula is C22H24BrFN2O2. The molecule has 148 valence electrons. The number of rotatable bonds is 4. The van der Waals surface area contributed by atoms with E-state index >= 15 is 0 Å². The number of carbonyl (C=O) groups excluding carboxylic acids is 2. The number of amides is 2. The van der Waals surface area contributed by atoms with Gasteiger partial charge in [-0.25, -0.2) is 4.39 Å². The monoisotopic (exact) mass is 446 g/mol. The first kappa shape index (κ1) is 20.5. The van der Waals surface area contributed by atoms with E-state index in [1.54, 1.807) is 17.0 Å². The van der Waals surface area contributed by atoms with Crippen LogP contribution < -0.4 is 0 Å². The van der Waals surface area contributed by atoms with E-state index in [1.165, 1.54) is 6.07 Å². The third-order valence-corrected chi connectivity index (χ3v) is 5.52. The second-order valence-electron chi connectivity index (χ2n) is 7.13. The lowest BCUT2D eigenvalue weighted by atomic mass is 10.1. The molecule has 0 aromatic heterocycles. The minimum absolute atomic E-state index is 0.00664. The van der Waals surface area contributed by atoms with Gasteiger partial charge in [-0.2, -0.15) is 0 Å². The third kappa shape index (κ3) is 5.19. The van der Waals surface area contributed by atoms with Crippen LogP contribution in [0.1, 0.15) is 34.3 Å². The molecule has 0 bridgehead atoms. The van der Waals surface area contributed by atoms with Crippen molar-refractivity contribution in [1.82, 2.24) is 9.80 Å². The standard InChI is InChI=1S/C22H24BrFN2O2/c1-16-4-2-5-18(14-16)22(28)26-11-3-10-25(12-13-26)21(27)9-7-17-6-8-19(23)15-20(17)24/h2,4-6,8,14-15H,3,7,9-13H2,1H3. The maximum Gasteiger partial charge on any atom is 0.253 e. The molecule has 2 aromatic carbocycles. The molecule has 1 fully saturated rings. The zero-order valence-electron chi connectivity index (χ0n) is 16.0. The first-order valence-corrected chi connectivity index (χ1v) is 10.3. The molecule has 0 N–H and O–H groups in total. The Morgan fingerprint density at radius 3 is 2.54 bits per heavy atom. The molecule has 28 heavy (non-hydrogen) atoms. The summed E-state index contributed by atoms with van der Waals surface area (Å²) in [5, 5.41) is 0. The van der Waals surface area contributed by atoms with Crippen LogP contribution in [0.3, 0.4) is 0 Å². The van der Waals surface area contributed by atoms with Crippen LogP contribution in [0.5, 0.6) is 0 Å². The summed E-state index contributed by atoms with van der Waals surface area (Å²) in [5.41, 5.74) is 2.28. The average molecular weight is 447 g/mol. The summed E-state index contributed by atoms with van der Waals surface area (Å²) in [5.74, 6) is -0.282. The largest absolute Gasteiger partial charge is 0.341 e. The fraction of sp³-hybridized carbons (Fsp3) is 0.364. The fourth-order valence-corrected chi connectivity index (χ4v) is 3.79. The van der Waals surface area contributed by atoms with Gasteiger partial charge in [0.05, 0.1) is 0 Å². The van der Waals surface area contributed by atoms with Crippen molar-refractivity contribution >= 4 is 27.7 Å². The highest BCUT2D eigenvalue weighted by Gasteiger charge is 2.23. The van der Waals surface area contributed by atoms with Gasteiger partial charge in [-0.15, -0.1) is 0 Å². The quantitative estimate of drug-likeness (QED) is 0.705. The SMILES string of the molecule is Cc1cccc(C(=O)N2CCCN(C(=O)CCc3ccc(Br)cc3F)CC2)c1. The molecule has 1 aliphatic heterocycles. The number of carbonyl (C=O) groups is 2. The molecule has 1 heterocycles. The second-order valence-corrected chi connectivity index (χ2v) is 8.05. The van der Waals surface area contributed by atoms with Gasteiger partial charge in [-0.1, -0.05) is 39.7 Å². The van der Waals surface area contributed by atoms with Gasteiger partial charge in [0.2, 0.25) is 5.91 Å². The lowest BCUT2D eigenvalue weighted by Crippen LogP contribution is -2.37. The summed E-state index contributed by atoms with van der Waals surface area (Å²) >= 11 is 3.24. The van der Waals surface area contributed by atoms with Crippen LogP contribution >= 0.6 is 15.9 Å². The van der Waals surface area contributed by atoms with Crippen LogP contribution in [-0.4, -0.2) is 47.8 Å². The Hall–Kier alpha value is -2.21. The maximum absolute atomic E-state index is 13.9. The first-order chi connectivity index (χ1) is 13.4. The normalized spacial score (nSPS) is 14.7. The first-order valence-electron chi connectivity index (χ1n) is 9.51. The minimum atomic E-state index is -0.298. The van der Waals surface area contributed by atoms with E-state index in [-0.39, 0.29) is 24.1 Å². The van der Waals surface area contributed by atoms with E-state index in [1.807, 2.05) is 36.1 Å². The van der Waals surface area contributed by atoms with Crippen LogP contribution in [0.25, 0.3) is 0 Å². The Labute approximate surface area is 173 Å². The van der Waals surface area contributed by atoms with Gasteiger partial charge in [0.1, 0.15) is 5.82 Å². The average Bonchev–Trinajstić information content (AvgIpc) is 2.93. The van der Waals surface area contributed by atoms with Gasteiger partial charge in [0.15, 0.2) is 0 Å². The van der Waals surface area contributed by atoms with Gasteiger partial charge in [0.25, 0.3) is 5.91 Å². The molecule has 0 atom stereocenters. The Morgan fingerprint density at radius 2 is 1.79 bits per heavy atom. The number of hydrogen-bond acceptors (Lipinski definition) is 2.